The first-order chi connectivity index (χ1) is 5.86. The maximum absolute atomic E-state index is 2.32. The van der Waals surface area contributed by atoms with Gasteiger partial charge in [0.1, 0.15) is 0 Å². The van der Waals surface area contributed by atoms with Crippen LogP contribution in [0.3, 0.4) is 0 Å². The quantitative estimate of drug-likeness (QED) is 0.576. The summed E-state index contributed by atoms with van der Waals surface area (Å²) in [4.78, 5) is 0. The summed E-state index contributed by atoms with van der Waals surface area (Å²) in [5.74, 6) is 2.17. The van der Waals surface area contributed by atoms with Crippen molar-refractivity contribution >= 4 is 0 Å². The lowest BCUT2D eigenvalue weighted by Gasteiger charge is -2.27. The molecule has 1 aliphatic carbocycles. The van der Waals surface area contributed by atoms with Crippen molar-refractivity contribution in [2.75, 3.05) is 0 Å². The van der Waals surface area contributed by atoms with E-state index in [2.05, 4.69) is 13.8 Å². The molecule has 12 heavy (non-hydrogen) atoms. The Labute approximate surface area is 79.2 Å². The number of hydrogen-bond donors (Lipinski definition) is 0. The van der Waals surface area contributed by atoms with E-state index in [1.54, 1.807) is 0 Å². The number of hydrogen-bond acceptors (Lipinski definition) is 0. The average Bonchev–Trinajstić information content (AvgIpc) is 2.09. The summed E-state index contributed by atoms with van der Waals surface area (Å²) in [7, 11) is 0. The number of rotatable bonds is 4. The summed E-state index contributed by atoms with van der Waals surface area (Å²) in [5, 5.41) is 0. The molecule has 0 radical (unpaired) electrons. The zero-order valence-electron chi connectivity index (χ0n) is 8.81. The van der Waals surface area contributed by atoms with Crippen LogP contribution in [0.2, 0.25) is 0 Å². The van der Waals surface area contributed by atoms with Gasteiger partial charge < -0.3 is 0 Å². The molecule has 0 bridgehead atoms. The van der Waals surface area contributed by atoms with E-state index in [4.69, 9.17) is 0 Å². The molecule has 0 saturated heterocycles. The van der Waals surface area contributed by atoms with Crippen LogP contribution >= 0.6 is 0 Å². The third-order valence-corrected chi connectivity index (χ3v) is 3.36. The molecule has 0 aliphatic heterocycles. The molecule has 1 aliphatic rings. The van der Waals surface area contributed by atoms with Crippen molar-refractivity contribution in [1.82, 2.24) is 0 Å². The lowest BCUT2D eigenvalue weighted by atomic mass is 9.78. The van der Waals surface area contributed by atoms with Crippen molar-refractivity contribution in [3.05, 3.63) is 0 Å². The Kier molecular flexibility index (Phi) is 4.72. The van der Waals surface area contributed by atoms with E-state index in [1.807, 2.05) is 0 Å². The molecule has 0 unspecified atom stereocenters. The van der Waals surface area contributed by atoms with Crippen LogP contribution < -0.4 is 0 Å². The van der Waals surface area contributed by atoms with Gasteiger partial charge in [0.15, 0.2) is 0 Å². The minimum Gasteiger partial charge on any atom is -0.0654 e. The smallest absolute Gasteiger partial charge is 0 e. The van der Waals surface area contributed by atoms with Gasteiger partial charge in [0, 0.05) is 1.43 Å². The van der Waals surface area contributed by atoms with Gasteiger partial charge in [-0.25, -0.2) is 0 Å². The lowest BCUT2D eigenvalue weighted by molar-refractivity contribution is 0.251. The fourth-order valence-electron chi connectivity index (χ4n) is 2.63. The second-order valence-corrected chi connectivity index (χ2v) is 4.46. The maximum atomic E-state index is 2.32. The van der Waals surface area contributed by atoms with Gasteiger partial charge in [-0.1, -0.05) is 65.2 Å². The van der Waals surface area contributed by atoms with Crippen LogP contribution in [-0.4, -0.2) is 0 Å². The van der Waals surface area contributed by atoms with Gasteiger partial charge in [0.2, 0.25) is 0 Å². The van der Waals surface area contributed by atoms with E-state index in [9.17, 15) is 0 Å². The van der Waals surface area contributed by atoms with E-state index in [1.165, 1.54) is 51.4 Å². The Morgan fingerprint density at radius 2 is 1.17 bits per heavy atom. The largest absolute Gasteiger partial charge is 0.0654 e. The van der Waals surface area contributed by atoms with Crippen LogP contribution in [0.5, 0.6) is 0 Å². The van der Waals surface area contributed by atoms with Crippen molar-refractivity contribution in [1.29, 1.82) is 0 Å². The summed E-state index contributed by atoms with van der Waals surface area (Å²) in [6.07, 6.45) is 11.9. The molecule has 74 valence electrons. The van der Waals surface area contributed by atoms with E-state index in [0.717, 1.165) is 11.8 Å². The van der Waals surface area contributed by atoms with Gasteiger partial charge in [-0.05, 0) is 11.8 Å². The average molecular weight is 170 g/mol. The van der Waals surface area contributed by atoms with E-state index < -0.39 is 0 Å². The molecule has 0 aromatic carbocycles. The molecule has 0 heterocycles. The van der Waals surface area contributed by atoms with E-state index in [0.29, 0.717) is 0 Å². The molecule has 0 nitrogen and oxygen atoms in total. The third-order valence-electron chi connectivity index (χ3n) is 3.36. The third kappa shape index (κ3) is 3.16. The van der Waals surface area contributed by atoms with Crippen molar-refractivity contribution in [3.8, 4) is 0 Å². The molecule has 0 aromatic heterocycles. The first-order valence-corrected chi connectivity index (χ1v) is 5.86. The standard InChI is InChI=1S/C12H24.H2/c1-3-5-11-7-9-12(6-4-2)10-8-11;/h11-12H,3-10H2,1-2H3;1H. The Bertz CT molecular complexity index is 89.7. The molecule has 1 fully saturated rings. The van der Waals surface area contributed by atoms with Gasteiger partial charge in [0.05, 0.1) is 0 Å². The van der Waals surface area contributed by atoms with Crippen molar-refractivity contribution in [2.45, 2.75) is 65.2 Å². The molecule has 0 N–H and O–H groups in total. The zero-order chi connectivity index (χ0) is 8.81. The lowest BCUT2D eigenvalue weighted by Crippen LogP contribution is -2.14. The van der Waals surface area contributed by atoms with Crippen LogP contribution in [0.1, 0.15) is 66.6 Å². The Morgan fingerprint density at radius 3 is 1.42 bits per heavy atom. The molecule has 0 atom stereocenters. The normalized spacial score (nSPS) is 30.5. The molecule has 1 rings (SSSR count). The fourth-order valence-corrected chi connectivity index (χ4v) is 2.63. The minimum absolute atomic E-state index is 0. The van der Waals surface area contributed by atoms with E-state index >= 15 is 0 Å². The molecule has 1 saturated carbocycles. The monoisotopic (exact) mass is 170 g/mol. The van der Waals surface area contributed by atoms with Crippen LogP contribution in [0.25, 0.3) is 0 Å². The summed E-state index contributed by atoms with van der Waals surface area (Å²) >= 11 is 0. The molecular formula is C12H26. The second-order valence-electron chi connectivity index (χ2n) is 4.46. The predicted octanol–water partition coefficient (Wildman–Crippen LogP) is 4.64. The second kappa shape index (κ2) is 5.61. The Hall–Kier alpha value is 0. The molecule has 0 aromatic rings. The SMILES string of the molecule is CCCC1CCC(CCC)CC1.[HH]. The Balaban J connectivity index is 0.00000144. The first-order valence-electron chi connectivity index (χ1n) is 5.86. The highest BCUT2D eigenvalue weighted by Crippen LogP contribution is 2.33. The first kappa shape index (κ1) is 10.1. The maximum Gasteiger partial charge on any atom is 0 e. The zero-order valence-corrected chi connectivity index (χ0v) is 8.81. The summed E-state index contributed by atoms with van der Waals surface area (Å²) in [6.45, 7) is 4.64. The molecule has 0 heteroatoms. The van der Waals surface area contributed by atoms with E-state index in [-0.39, 0.29) is 1.43 Å². The topological polar surface area (TPSA) is 0 Å². The molecular weight excluding hydrogens is 144 g/mol. The molecule has 0 amide bonds. The van der Waals surface area contributed by atoms with Gasteiger partial charge in [-0.3, -0.25) is 0 Å². The summed E-state index contributed by atoms with van der Waals surface area (Å²) in [6, 6.07) is 0. The van der Waals surface area contributed by atoms with Crippen LogP contribution in [0.4, 0.5) is 0 Å². The molecule has 0 spiro atoms. The van der Waals surface area contributed by atoms with Crippen LogP contribution in [0, 0.1) is 11.8 Å². The highest BCUT2D eigenvalue weighted by atomic mass is 14.2. The summed E-state index contributed by atoms with van der Waals surface area (Å²) in [5.41, 5.74) is 0. The Morgan fingerprint density at radius 1 is 0.833 bits per heavy atom. The highest BCUT2D eigenvalue weighted by molar-refractivity contribution is 4.71. The van der Waals surface area contributed by atoms with Crippen LogP contribution in [-0.2, 0) is 0 Å². The predicted molar refractivity (Wildman–Crippen MR) is 57.4 cm³/mol. The van der Waals surface area contributed by atoms with Gasteiger partial charge in [-0.2, -0.15) is 0 Å². The van der Waals surface area contributed by atoms with Crippen molar-refractivity contribution in [2.24, 2.45) is 11.8 Å². The van der Waals surface area contributed by atoms with Crippen molar-refractivity contribution < 1.29 is 1.43 Å². The summed E-state index contributed by atoms with van der Waals surface area (Å²) < 4.78 is 0. The van der Waals surface area contributed by atoms with Gasteiger partial charge in [-0.15, -0.1) is 0 Å². The fraction of sp³-hybridized carbons (Fsp3) is 1.00. The van der Waals surface area contributed by atoms with Crippen molar-refractivity contribution in [3.63, 3.8) is 0 Å². The minimum atomic E-state index is 0. The van der Waals surface area contributed by atoms with Gasteiger partial charge >= 0.3 is 0 Å². The highest BCUT2D eigenvalue weighted by Gasteiger charge is 2.19. The van der Waals surface area contributed by atoms with Gasteiger partial charge in [0.25, 0.3) is 0 Å². The van der Waals surface area contributed by atoms with Crippen LogP contribution in [0.15, 0.2) is 0 Å².